The van der Waals surface area contributed by atoms with Crippen molar-refractivity contribution < 1.29 is 4.21 Å². The second-order valence-electron chi connectivity index (χ2n) is 1.25. The molecule has 0 aromatic heterocycles. The molecule has 44 valence electrons. The van der Waals surface area contributed by atoms with E-state index < -0.39 is 11.0 Å². The predicted molar refractivity (Wildman–Crippen MR) is 32.4 cm³/mol. The zero-order valence-corrected chi connectivity index (χ0v) is 5.55. The van der Waals surface area contributed by atoms with Crippen molar-refractivity contribution in [3.63, 3.8) is 0 Å². The highest BCUT2D eigenvalue weighted by molar-refractivity contribution is 7.82. The average molecular weight is 121 g/mol. The van der Waals surface area contributed by atoms with Crippen LogP contribution in [0.1, 0.15) is 13.3 Å². The van der Waals surface area contributed by atoms with E-state index in [1.807, 2.05) is 6.92 Å². The topological polar surface area (TPSA) is 29.1 Å². The largest absolute Gasteiger partial charge is 0.243 e. The molecule has 0 saturated carbocycles. The molecular formula is C4H11NOS. The summed E-state index contributed by atoms with van der Waals surface area (Å²) in [6.07, 6.45) is 0.980. The molecule has 0 spiro atoms. The second-order valence-corrected chi connectivity index (χ2v) is 2.76. The van der Waals surface area contributed by atoms with E-state index in [1.165, 1.54) is 0 Å². The predicted octanol–water partition coefficient (Wildman–Crippen LogP) is 0.280. The Morgan fingerprint density at radius 3 is 2.43 bits per heavy atom. The molecule has 0 saturated heterocycles. The molecule has 0 aliphatic heterocycles. The van der Waals surface area contributed by atoms with Gasteiger partial charge in [-0.25, -0.2) is 8.93 Å². The molecule has 1 atom stereocenters. The first-order valence-corrected chi connectivity index (χ1v) is 3.69. The van der Waals surface area contributed by atoms with E-state index in [1.54, 1.807) is 7.05 Å². The first-order valence-electron chi connectivity index (χ1n) is 2.37. The summed E-state index contributed by atoms with van der Waals surface area (Å²) in [7, 11) is 0.923. The van der Waals surface area contributed by atoms with Crippen molar-refractivity contribution in [2.75, 3.05) is 12.8 Å². The smallest absolute Gasteiger partial charge is 0.0912 e. The monoisotopic (exact) mass is 121 g/mol. The Labute approximate surface area is 46.9 Å². The standard InChI is InChI=1S/C4H11NOS/c1-3-4-7(6)5-2/h5H,3-4H2,1-2H3/t7-/m1/s1. The van der Waals surface area contributed by atoms with Crippen LogP contribution in [-0.2, 0) is 11.0 Å². The van der Waals surface area contributed by atoms with Crippen LogP contribution >= 0.6 is 0 Å². The third-order valence-electron chi connectivity index (χ3n) is 0.617. The van der Waals surface area contributed by atoms with Crippen LogP contribution in [0.2, 0.25) is 0 Å². The Bertz CT molecular complexity index is 64.7. The normalized spacial score (nSPS) is 14.0. The zero-order valence-electron chi connectivity index (χ0n) is 4.73. The van der Waals surface area contributed by atoms with E-state index in [9.17, 15) is 4.21 Å². The molecule has 0 bridgehead atoms. The Morgan fingerprint density at radius 1 is 1.71 bits per heavy atom. The maximum atomic E-state index is 10.4. The number of nitrogens with one attached hydrogen (secondary N) is 1. The number of hydrogen-bond acceptors (Lipinski definition) is 1. The van der Waals surface area contributed by atoms with Crippen LogP contribution in [0.25, 0.3) is 0 Å². The van der Waals surface area contributed by atoms with E-state index in [0.29, 0.717) is 0 Å². The lowest BCUT2D eigenvalue weighted by Crippen LogP contribution is -2.12. The van der Waals surface area contributed by atoms with E-state index in [2.05, 4.69) is 4.72 Å². The average Bonchev–Trinajstić information content (AvgIpc) is 1.68. The van der Waals surface area contributed by atoms with Crippen LogP contribution in [0.3, 0.4) is 0 Å². The molecule has 0 aromatic carbocycles. The first kappa shape index (κ1) is 7.11. The van der Waals surface area contributed by atoms with E-state index in [-0.39, 0.29) is 0 Å². The lowest BCUT2D eigenvalue weighted by molar-refractivity contribution is 0.676. The van der Waals surface area contributed by atoms with E-state index in [4.69, 9.17) is 0 Å². The lowest BCUT2D eigenvalue weighted by atomic mass is 10.6. The van der Waals surface area contributed by atoms with Gasteiger partial charge in [-0.2, -0.15) is 0 Å². The molecule has 3 heteroatoms. The van der Waals surface area contributed by atoms with Gasteiger partial charge in [0.1, 0.15) is 0 Å². The number of rotatable bonds is 3. The maximum absolute atomic E-state index is 10.4. The Hall–Kier alpha value is 0.110. The van der Waals surface area contributed by atoms with Gasteiger partial charge < -0.3 is 0 Å². The molecule has 0 aliphatic carbocycles. The molecule has 0 rings (SSSR count). The van der Waals surface area contributed by atoms with Crippen molar-refractivity contribution in [1.29, 1.82) is 0 Å². The first-order chi connectivity index (χ1) is 3.31. The SMILES string of the molecule is CCC[S@@](=O)NC. The van der Waals surface area contributed by atoms with Crippen LogP contribution in [0.5, 0.6) is 0 Å². The molecule has 1 N–H and O–H groups in total. The van der Waals surface area contributed by atoms with Gasteiger partial charge in [0.05, 0.1) is 11.0 Å². The molecule has 0 aromatic rings. The van der Waals surface area contributed by atoms with Gasteiger partial charge >= 0.3 is 0 Å². The quantitative estimate of drug-likeness (QED) is 0.571. The van der Waals surface area contributed by atoms with Crippen LogP contribution < -0.4 is 4.72 Å². The van der Waals surface area contributed by atoms with Gasteiger partial charge in [0, 0.05) is 5.75 Å². The molecule has 0 amide bonds. The third kappa shape index (κ3) is 3.95. The van der Waals surface area contributed by atoms with Gasteiger partial charge in [0.15, 0.2) is 0 Å². The van der Waals surface area contributed by atoms with Gasteiger partial charge in [0.2, 0.25) is 0 Å². The zero-order chi connectivity index (χ0) is 5.70. The summed E-state index contributed by atoms with van der Waals surface area (Å²) in [6.45, 7) is 2.01. The van der Waals surface area contributed by atoms with Crippen molar-refractivity contribution in [2.45, 2.75) is 13.3 Å². The lowest BCUT2D eigenvalue weighted by Gasteiger charge is -1.91. The molecule has 0 heterocycles. The van der Waals surface area contributed by atoms with Crippen LogP contribution in [-0.4, -0.2) is 17.0 Å². The van der Waals surface area contributed by atoms with Gasteiger partial charge in [-0.1, -0.05) is 6.92 Å². The van der Waals surface area contributed by atoms with Crippen molar-refractivity contribution in [2.24, 2.45) is 0 Å². The van der Waals surface area contributed by atoms with Gasteiger partial charge in [-0.15, -0.1) is 0 Å². The van der Waals surface area contributed by atoms with Crippen LogP contribution in [0.4, 0.5) is 0 Å². The highest BCUT2D eigenvalue weighted by Crippen LogP contribution is 1.77. The Kier molecular flexibility index (Phi) is 4.34. The molecule has 0 radical (unpaired) electrons. The summed E-state index contributed by atoms with van der Waals surface area (Å²) in [5.74, 6) is 0.760. The summed E-state index contributed by atoms with van der Waals surface area (Å²) < 4.78 is 13.0. The Morgan fingerprint density at radius 2 is 2.29 bits per heavy atom. The van der Waals surface area contributed by atoms with Gasteiger partial charge in [-0.3, -0.25) is 0 Å². The molecular weight excluding hydrogens is 110 g/mol. The van der Waals surface area contributed by atoms with E-state index in [0.717, 1.165) is 12.2 Å². The summed E-state index contributed by atoms with van der Waals surface area (Å²) in [6, 6.07) is 0. The molecule has 2 nitrogen and oxygen atoms in total. The van der Waals surface area contributed by atoms with Crippen molar-refractivity contribution in [3.05, 3.63) is 0 Å². The minimum atomic E-state index is -0.777. The minimum absolute atomic E-state index is 0.760. The highest BCUT2D eigenvalue weighted by Gasteiger charge is 1.87. The summed E-state index contributed by atoms with van der Waals surface area (Å²) >= 11 is 0. The van der Waals surface area contributed by atoms with Gasteiger partial charge in [-0.05, 0) is 13.5 Å². The molecule has 0 fully saturated rings. The molecule has 0 unspecified atom stereocenters. The van der Waals surface area contributed by atoms with Crippen LogP contribution in [0, 0.1) is 0 Å². The van der Waals surface area contributed by atoms with Crippen molar-refractivity contribution in [1.82, 2.24) is 4.72 Å². The second kappa shape index (κ2) is 4.27. The number of hydrogen-bond donors (Lipinski definition) is 1. The maximum Gasteiger partial charge on any atom is 0.0912 e. The van der Waals surface area contributed by atoms with Crippen LogP contribution in [0.15, 0.2) is 0 Å². The molecule has 7 heavy (non-hydrogen) atoms. The fourth-order valence-corrected chi connectivity index (χ4v) is 0.862. The van der Waals surface area contributed by atoms with E-state index >= 15 is 0 Å². The minimum Gasteiger partial charge on any atom is -0.243 e. The highest BCUT2D eigenvalue weighted by atomic mass is 32.2. The van der Waals surface area contributed by atoms with Crippen molar-refractivity contribution in [3.8, 4) is 0 Å². The fourth-order valence-electron chi connectivity index (χ4n) is 0.287. The molecule has 0 aliphatic rings. The van der Waals surface area contributed by atoms with Gasteiger partial charge in [0.25, 0.3) is 0 Å². The Balaban J connectivity index is 3.00. The van der Waals surface area contributed by atoms with Crippen molar-refractivity contribution >= 4 is 11.0 Å². The summed E-state index contributed by atoms with van der Waals surface area (Å²) in [4.78, 5) is 0. The third-order valence-corrected chi connectivity index (χ3v) is 1.85. The summed E-state index contributed by atoms with van der Waals surface area (Å²) in [5, 5.41) is 0. The summed E-state index contributed by atoms with van der Waals surface area (Å²) in [5.41, 5.74) is 0. The fraction of sp³-hybridized carbons (Fsp3) is 1.00.